The average Bonchev–Trinajstić information content (AvgIpc) is 3.11. The minimum absolute atomic E-state index is 0.0701. The first-order chi connectivity index (χ1) is 15.1. The van der Waals surface area contributed by atoms with Gasteiger partial charge in [-0.3, -0.25) is 0 Å². The number of fused-ring (bicyclic) bond motifs is 3. The second-order valence-corrected chi connectivity index (χ2v) is 23.7. The molecule has 0 saturated heterocycles. The Morgan fingerprint density at radius 3 is 2.50 bits per heavy atom. The molecule has 8 heteroatoms. The standard InChI is InChI=1S/C21H16F2N3O2.3CH3.Sn/c1-25-20-16-4-2-3-5-19(16)26(21(28)17(20)12-24-25)9-8-15(27)10-13-6-7-14(22)11-18(13)23;;;;/h2,4-7,11-12H,8-10H2,1H3;3*1H3;. The molecule has 0 amide bonds. The number of aromatic nitrogens is 3. The number of rotatable bonds is 6. The zero-order chi connectivity index (χ0) is 23.2. The van der Waals surface area contributed by atoms with Crippen LogP contribution in [0.25, 0.3) is 21.8 Å². The average molecular weight is 544 g/mol. The van der Waals surface area contributed by atoms with Crippen molar-refractivity contribution < 1.29 is 13.6 Å². The second kappa shape index (κ2) is 8.42. The molecule has 4 rings (SSSR count). The topological polar surface area (TPSA) is 56.9 Å². The van der Waals surface area contributed by atoms with Crippen molar-refractivity contribution in [2.75, 3.05) is 0 Å². The molecule has 5 nitrogen and oxygen atoms in total. The summed E-state index contributed by atoms with van der Waals surface area (Å²) in [5.74, 6) is -1.63. The Morgan fingerprint density at radius 1 is 1.06 bits per heavy atom. The van der Waals surface area contributed by atoms with Gasteiger partial charge in [-0.15, -0.1) is 0 Å². The number of nitrogens with zero attached hydrogens (tertiary/aromatic N) is 3. The zero-order valence-corrected chi connectivity index (χ0v) is 21.4. The van der Waals surface area contributed by atoms with Gasteiger partial charge in [-0.2, -0.15) is 0 Å². The van der Waals surface area contributed by atoms with Crippen LogP contribution < -0.4 is 9.14 Å². The van der Waals surface area contributed by atoms with E-state index in [1.54, 1.807) is 15.4 Å². The molecule has 0 N–H and O–H groups in total. The molecule has 2 heterocycles. The van der Waals surface area contributed by atoms with Crippen LogP contribution in [0.4, 0.5) is 8.78 Å². The van der Waals surface area contributed by atoms with Gasteiger partial charge in [0.25, 0.3) is 0 Å². The molecule has 4 aromatic rings. The van der Waals surface area contributed by atoms with E-state index in [4.69, 9.17) is 0 Å². The number of carbonyl (C=O) groups excluding carboxylic acids is 1. The van der Waals surface area contributed by atoms with E-state index < -0.39 is 30.0 Å². The molecule has 166 valence electrons. The Balaban J connectivity index is 1.74. The third kappa shape index (κ3) is 4.22. The Bertz CT molecular complexity index is 1420. The number of hydrogen-bond donors (Lipinski definition) is 0. The van der Waals surface area contributed by atoms with Crippen molar-refractivity contribution in [1.82, 2.24) is 14.3 Å². The van der Waals surface area contributed by atoms with E-state index >= 15 is 0 Å². The number of hydrogen-bond acceptors (Lipinski definition) is 3. The zero-order valence-electron chi connectivity index (χ0n) is 18.6. The Labute approximate surface area is 188 Å². The summed E-state index contributed by atoms with van der Waals surface area (Å²) < 4.78 is 31.7. The van der Waals surface area contributed by atoms with E-state index in [0.29, 0.717) is 5.39 Å². The summed E-state index contributed by atoms with van der Waals surface area (Å²) in [7, 11) is 1.81. The van der Waals surface area contributed by atoms with Gasteiger partial charge in [0.15, 0.2) is 0 Å². The van der Waals surface area contributed by atoms with Crippen LogP contribution in [0.15, 0.2) is 47.4 Å². The summed E-state index contributed by atoms with van der Waals surface area (Å²) in [6, 6.07) is 9.47. The van der Waals surface area contributed by atoms with Gasteiger partial charge >= 0.3 is 184 Å². The van der Waals surface area contributed by atoms with Gasteiger partial charge in [-0.25, -0.2) is 4.39 Å². The molecule has 2 aromatic heterocycles. The van der Waals surface area contributed by atoms with E-state index in [9.17, 15) is 18.4 Å². The van der Waals surface area contributed by atoms with Crippen molar-refractivity contribution in [1.29, 1.82) is 0 Å². The third-order valence-corrected chi connectivity index (χ3v) is 11.7. The van der Waals surface area contributed by atoms with Crippen molar-refractivity contribution in [2.45, 2.75) is 34.2 Å². The van der Waals surface area contributed by atoms with Gasteiger partial charge in [-0.05, 0) is 0 Å². The quantitative estimate of drug-likeness (QED) is 0.346. The molecular weight excluding hydrogens is 519 g/mol. The van der Waals surface area contributed by atoms with E-state index in [-0.39, 0.29) is 36.3 Å². The summed E-state index contributed by atoms with van der Waals surface area (Å²) in [5, 5.41) is 5.68. The number of pyridine rings is 1. The second-order valence-electron chi connectivity index (χ2n) is 9.17. The van der Waals surface area contributed by atoms with Crippen LogP contribution in [0.3, 0.4) is 0 Å². The molecule has 0 fully saturated rings. The number of carbonyl (C=O) groups is 1. The van der Waals surface area contributed by atoms with Gasteiger partial charge in [0.2, 0.25) is 0 Å². The van der Waals surface area contributed by atoms with Crippen molar-refractivity contribution in [3.05, 3.63) is 70.1 Å². The van der Waals surface area contributed by atoms with Crippen LogP contribution in [0.1, 0.15) is 12.0 Å². The van der Waals surface area contributed by atoms with Crippen LogP contribution in [0.2, 0.25) is 14.8 Å². The number of ketones is 1. The molecule has 0 aliphatic carbocycles. The van der Waals surface area contributed by atoms with Gasteiger partial charge in [-0.1, -0.05) is 0 Å². The van der Waals surface area contributed by atoms with E-state index in [1.807, 2.05) is 13.1 Å². The molecule has 0 atom stereocenters. The monoisotopic (exact) mass is 545 g/mol. The minimum atomic E-state index is -2.42. The van der Waals surface area contributed by atoms with Crippen LogP contribution in [0.5, 0.6) is 0 Å². The maximum atomic E-state index is 13.9. The fraction of sp³-hybridized carbons (Fsp3) is 0.292. The fourth-order valence-electron chi connectivity index (χ4n) is 4.01. The first kappa shape index (κ1) is 22.6. The SMILES string of the molecule is Cn1ncc2c(=O)n(CCC(=O)Cc3ccc(F)cc3F)c3c[c]([Sn]([CH3])([CH3])[CH3])ccc3c21. The van der Waals surface area contributed by atoms with E-state index in [1.165, 1.54) is 9.65 Å². The molecule has 0 aliphatic heterocycles. The molecule has 2 aromatic carbocycles. The summed E-state index contributed by atoms with van der Waals surface area (Å²) in [6.45, 7) is 0.185. The predicted octanol–water partition coefficient (Wildman–Crippen LogP) is 3.91. The molecule has 0 bridgehead atoms. The first-order valence-corrected chi connectivity index (χ1v) is 20.5. The van der Waals surface area contributed by atoms with E-state index in [0.717, 1.165) is 28.6 Å². The summed E-state index contributed by atoms with van der Waals surface area (Å²) in [5.41, 5.74) is 1.52. The molecule has 0 saturated carbocycles. The van der Waals surface area contributed by atoms with Crippen molar-refractivity contribution in [3.63, 3.8) is 0 Å². The van der Waals surface area contributed by atoms with Gasteiger partial charge < -0.3 is 0 Å². The Hall–Kier alpha value is -2.55. The van der Waals surface area contributed by atoms with Crippen LogP contribution in [-0.2, 0) is 24.8 Å². The van der Waals surface area contributed by atoms with Crippen molar-refractivity contribution in [2.24, 2.45) is 7.05 Å². The van der Waals surface area contributed by atoms with Crippen molar-refractivity contribution in [3.8, 4) is 0 Å². The first-order valence-electron chi connectivity index (χ1n) is 10.5. The number of benzene rings is 2. The maximum absolute atomic E-state index is 13.9. The summed E-state index contributed by atoms with van der Waals surface area (Å²) >= 11 is -2.42. The normalized spacial score (nSPS) is 12.1. The summed E-state index contributed by atoms with van der Waals surface area (Å²) in [4.78, 5) is 32.8. The number of aryl methyl sites for hydroxylation is 2. The van der Waals surface area contributed by atoms with Gasteiger partial charge in [0, 0.05) is 0 Å². The predicted molar refractivity (Wildman–Crippen MR) is 125 cm³/mol. The molecule has 0 radical (unpaired) electrons. The molecule has 0 unspecified atom stereocenters. The van der Waals surface area contributed by atoms with E-state index in [2.05, 4.69) is 32.1 Å². The Morgan fingerprint density at radius 2 is 1.81 bits per heavy atom. The van der Waals surface area contributed by atoms with Crippen LogP contribution in [0, 0.1) is 11.6 Å². The molecule has 0 spiro atoms. The summed E-state index contributed by atoms with van der Waals surface area (Å²) in [6.07, 6.45) is 1.48. The molecular formula is C24H25F2N3O2Sn. The number of Topliss-reactive ketones (excluding diaryl/α,β-unsaturated/α-hetero) is 1. The van der Waals surface area contributed by atoms with Crippen molar-refractivity contribution >= 4 is 49.5 Å². The number of halogens is 2. The molecule has 0 aliphatic rings. The fourth-order valence-corrected chi connectivity index (χ4v) is 7.31. The van der Waals surface area contributed by atoms with Crippen LogP contribution in [-0.4, -0.2) is 38.5 Å². The third-order valence-electron chi connectivity index (χ3n) is 5.84. The Kier molecular flexibility index (Phi) is 5.96. The van der Waals surface area contributed by atoms with Gasteiger partial charge in [0.1, 0.15) is 0 Å². The molecule has 32 heavy (non-hydrogen) atoms. The van der Waals surface area contributed by atoms with Crippen LogP contribution >= 0.6 is 0 Å². The van der Waals surface area contributed by atoms with Gasteiger partial charge in [0.05, 0.1) is 0 Å².